The van der Waals surface area contributed by atoms with Gasteiger partial charge in [0.1, 0.15) is 0 Å². The van der Waals surface area contributed by atoms with E-state index < -0.39 is 0 Å². The molecule has 0 aliphatic carbocycles. The second-order valence-electron chi connectivity index (χ2n) is 6.42. The van der Waals surface area contributed by atoms with Gasteiger partial charge >= 0.3 is 0 Å². The number of hydrogen-bond acceptors (Lipinski definition) is 4. The molecule has 2 aromatic heterocycles. The van der Waals surface area contributed by atoms with Gasteiger partial charge in [-0.15, -0.1) is 0 Å². The quantitative estimate of drug-likeness (QED) is 0.885. The van der Waals surface area contributed by atoms with Crippen LogP contribution in [0.4, 0.5) is 0 Å². The van der Waals surface area contributed by atoms with E-state index in [-0.39, 0.29) is 11.9 Å². The fraction of sp³-hybridized carbons (Fsp3) is 0.500. The molecule has 0 spiro atoms. The number of hydrogen-bond donors (Lipinski definition) is 1. The largest absolute Gasteiger partial charge is 0.334 e. The number of carbonyl (C=O) groups excluding carboxylic acids is 1. The van der Waals surface area contributed by atoms with E-state index in [9.17, 15) is 4.79 Å². The van der Waals surface area contributed by atoms with Crippen LogP contribution in [0, 0.1) is 0 Å². The van der Waals surface area contributed by atoms with E-state index in [1.807, 2.05) is 36.2 Å². The molecule has 3 heterocycles. The lowest BCUT2D eigenvalue weighted by Gasteiger charge is -2.35. The normalized spacial score (nSPS) is 18.1. The monoisotopic (exact) mass is 327 g/mol. The maximum absolute atomic E-state index is 12.7. The first-order valence-electron chi connectivity index (χ1n) is 8.61. The van der Waals surface area contributed by atoms with E-state index >= 15 is 0 Å². The minimum absolute atomic E-state index is 0.148. The van der Waals surface area contributed by atoms with Crippen LogP contribution in [0.2, 0.25) is 0 Å². The van der Waals surface area contributed by atoms with Crippen LogP contribution < -0.4 is 0 Å². The van der Waals surface area contributed by atoms with Crippen molar-refractivity contribution in [3.8, 4) is 0 Å². The van der Waals surface area contributed by atoms with Gasteiger partial charge in [0, 0.05) is 38.4 Å². The van der Waals surface area contributed by atoms with Crippen molar-refractivity contribution < 1.29 is 4.79 Å². The van der Waals surface area contributed by atoms with E-state index in [1.165, 1.54) is 0 Å². The summed E-state index contributed by atoms with van der Waals surface area (Å²) in [6, 6.07) is 8.04. The first kappa shape index (κ1) is 16.6. The van der Waals surface area contributed by atoms with Gasteiger partial charge in [-0.3, -0.25) is 14.9 Å². The Balaban J connectivity index is 1.53. The molecule has 6 heteroatoms. The van der Waals surface area contributed by atoms with Crippen LogP contribution in [0.5, 0.6) is 0 Å². The van der Waals surface area contributed by atoms with Crippen LogP contribution in [0.3, 0.4) is 0 Å². The molecular weight excluding hydrogens is 302 g/mol. The van der Waals surface area contributed by atoms with E-state index in [0.29, 0.717) is 6.42 Å². The minimum Gasteiger partial charge on any atom is -0.334 e. The number of H-pyrrole nitrogens is 1. The maximum atomic E-state index is 12.7. The van der Waals surface area contributed by atoms with E-state index in [1.54, 1.807) is 12.4 Å². The summed E-state index contributed by atoms with van der Waals surface area (Å²) in [6.07, 6.45) is 7.35. The van der Waals surface area contributed by atoms with Crippen molar-refractivity contribution in [2.45, 2.75) is 38.3 Å². The average molecular weight is 327 g/mol. The molecule has 0 aromatic carbocycles. The second-order valence-corrected chi connectivity index (χ2v) is 6.42. The Hall–Kier alpha value is -2.21. The van der Waals surface area contributed by atoms with Gasteiger partial charge in [-0.2, -0.15) is 5.10 Å². The van der Waals surface area contributed by atoms with Crippen molar-refractivity contribution in [3.63, 3.8) is 0 Å². The van der Waals surface area contributed by atoms with Gasteiger partial charge < -0.3 is 9.80 Å². The van der Waals surface area contributed by atoms with Gasteiger partial charge in [0.05, 0.1) is 17.4 Å². The molecule has 1 amide bonds. The molecule has 3 rings (SSSR count). The summed E-state index contributed by atoms with van der Waals surface area (Å²) >= 11 is 0. The lowest BCUT2D eigenvalue weighted by Crippen LogP contribution is -2.40. The molecule has 1 atom stereocenters. The Bertz CT molecular complexity index is 628. The van der Waals surface area contributed by atoms with E-state index in [2.05, 4.69) is 20.1 Å². The molecule has 1 fully saturated rings. The zero-order valence-corrected chi connectivity index (χ0v) is 14.2. The predicted molar refractivity (Wildman–Crippen MR) is 92.1 cm³/mol. The van der Waals surface area contributed by atoms with Crippen molar-refractivity contribution in [3.05, 3.63) is 48.0 Å². The van der Waals surface area contributed by atoms with Gasteiger partial charge in [-0.1, -0.05) is 6.07 Å². The zero-order valence-electron chi connectivity index (χ0n) is 14.2. The molecule has 2 aromatic rings. The molecule has 0 radical (unpaired) electrons. The van der Waals surface area contributed by atoms with Crippen molar-refractivity contribution in [2.24, 2.45) is 0 Å². The Morgan fingerprint density at radius 3 is 3.00 bits per heavy atom. The highest BCUT2D eigenvalue weighted by molar-refractivity contribution is 5.77. The number of likely N-dealkylation sites (tertiary alicyclic amines) is 1. The lowest BCUT2D eigenvalue weighted by molar-refractivity contribution is -0.135. The predicted octanol–water partition coefficient (Wildman–Crippen LogP) is 2.38. The van der Waals surface area contributed by atoms with Gasteiger partial charge in [0.25, 0.3) is 0 Å². The summed E-state index contributed by atoms with van der Waals surface area (Å²) in [7, 11) is 2.03. The van der Waals surface area contributed by atoms with Crippen molar-refractivity contribution in [1.82, 2.24) is 25.0 Å². The number of rotatable bonds is 6. The fourth-order valence-electron chi connectivity index (χ4n) is 3.28. The Morgan fingerprint density at radius 1 is 1.33 bits per heavy atom. The average Bonchev–Trinajstić information content (AvgIpc) is 3.15. The highest BCUT2D eigenvalue weighted by atomic mass is 16.2. The summed E-state index contributed by atoms with van der Waals surface area (Å²) < 4.78 is 0. The second kappa shape index (κ2) is 8.06. The zero-order chi connectivity index (χ0) is 16.8. The van der Waals surface area contributed by atoms with Gasteiger partial charge in [0.2, 0.25) is 5.91 Å². The maximum Gasteiger partial charge on any atom is 0.224 e. The van der Waals surface area contributed by atoms with Crippen LogP contribution >= 0.6 is 0 Å². The smallest absolute Gasteiger partial charge is 0.224 e. The molecule has 6 nitrogen and oxygen atoms in total. The lowest BCUT2D eigenvalue weighted by atomic mass is 9.99. The number of piperidine rings is 1. The third-order valence-electron chi connectivity index (χ3n) is 4.57. The molecule has 24 heavy (non-hydrogen) atoms. The molecule has 0 saturated carbocycles. The molecule has 1 aliphatic rings. The number of pyridine rings is 1. The Kier molecular flexibility index (Phi) is 5.59. The highest BCUT2D eigenvalue weighted by Gasteiger charge is 2.28. The molecule has 0 bridgehead atoms. The van der Waals surface area contributed by atoms with Crippen molar-refractivity contribution in [1.29, 1.82) is 0 Å². The van der Waals surface area contributed by atoms with Crippen molar-refractivity contribution >= 4 is 5.91 Å². The number of carbonyl (C=O) groups is 1. The molecule has 1 saturated heterocycles. The number of amides is 1. The van der Waals surface area contributed by atoms with Gasteiger partial charge in [-0.05, 0) is 44.5 Å². The topological polar surface area (TPSA) is 65.1 Å². The highest BCUT2D eigenvalue weighted by Crippen LogP contribution is 2.30. The summed E-state index contributed by atoms with van der Waals surface area (Å²) in [5.41, 5.74) is 2.07. The first-order chi connectivity index (χ1) is 11.7. The van der Waals surface area contributed by atoms with Gasteiger partial charge in [0.15, 0.2) is 0 Å². The molecular formula is C18H25N5O. The first-order valence-corrected chi connectivity index (χ1v) is 8.61. The SMILES string of the molecule is CN(CCC(=O)N1CCCC[C@H]1c1ccn[nH]1)Cc1ccccn1. The molecule has 1 N–H and O–H groups in total. The number of aromatic amines is 1. The molecule has 1 aliphatic heterocycles. The number of nitrogens with zero attached hydrogens (tertiary/aromatic N) is 4. The Labute approximate surface area is 142 Å². The third-order valence-corrected chi connectivity index (χ3v) is 4.57. The molecule has 0 unspecified atom stereocenters. The number of aromatic nitrogens is 3. The molecule has 128 valence electrons. The Morgan fingerprint density at radius 2 is 2.25 bits per heavy atom. The standard InChI is InChI=1S/C18H25N5O/c1-22(14-15-6-2-4-10-19-15)13-9-18(24)23-12-5-3-7-17(23)16-8-11-20-21-16/h2,4,6,8,10-11,17H,3,5,7,9,12-14H2,1H3,(H,20,21)/t17-/m0/s1. The summed E-state index contributed by atoms with van der Waals surface area (Å²) in [5.74, 6) is 0.224. The van der Waals surface area contributed by atoms with Crippen LogP contribution in [-0.2, 0) is 11.3 Å². The van der Waals surface area contributed by atoms with Crippen LogP contribution in [0.1, 0.15) is 43.1 Å². The van der Waals surface area contributed by atoms with Crippen LogP contribution in [0.25, 0.3) is 0 Å². The minimum atomic E-state index is 0.148. The number of nitrogens with one attached hydrogen (secondary N) is 1. The van der Waals surface area contributed by atoms with E-state index in [0.717, 1.165) is 50.3 Å². The third kappa shape index (κ3) is 4.20. The summed E-state index contributed by atoms with van der Waals surface area (Å²) in [5, 5.41) is 7.06. The van der Waals surface area contributed by atoms with Gasteiger partial charge in [-0.25, -0.2) is 0 Å². The van der Waals surface area contributed by atoms with Crippen molar-refractivity contribution in [2.75, 3.05) is 20.1 Å². The van der Waals surface area contributed by atoms with Crippen LogP contribution in [-0.4, -0.2) is 51.0 Å². The summed E-state index contributed by atoms with van der Waals surface area (Å²) in [4.78, 5) is 21.2. The fourth-order valence-corrected chi connectivity index (χ4v) is 3.28. The summed E-state index contributed by atoms with van der Waals surface area (Å²) in [6.45, 7) is 2.34. The van der Waals surface area contributed by atoms with Crippen LogP contribution in [0.15, 0.2) is 36.7 Å². The van der Waals surface area contributed by atoms with E-state index in [4.69, 9.17) is 0 Å².